The number of allylic oxidation sites excluding steroid dienone is 1. The van der Waals surface area contributed by atoms with Crippen LogP contribution in [0.2, 0.25) is 0 Å². The van der Waals surface area contributed by atoms with Crippen LogP contribution in [0, 0.1) is 0 Å². The highest BCUT2D eigenvalue weighted by atomic mass is 16.6. The summed E-state index contributed by atoms with van der Waals surface area (Å²) in [4.78, 5) is 26.4. The van der Waals surface area contributed by atoms with Crippen LogP contribution in [0.15, 0.2) is 42.6 Å². The molecule has 5 nitrogen and oxygen atoms in total. The van der Waals surface area contributed by atoms with E-state index < -0.39 is 17.1 Å². The molecule has 2 N–H and O–H groups in total. The van der Waals surface area contributed by atoms with E-state index in [1.54, 1.807) is 0 Å². The van der Waals surface area contributed by atoms with Crippen LogP contribution >= 0.6 is 0 Å². The molecule has 1 aromatic carbocycles. The first-order valence-corrected chi connectivity index (χ1v) is 9.14. The van der Waals surface area contributed by atoms with Crippen LogP contribution in [0.25, 0.3) is 0 Å². The van der Waals surface area contributed by atoms with Crippen molar-refractivity contribution in [2.45, 2.75) is 57.6 Å². The molecule has 1 saturated heterocycles. The van der Waals surface area contributed by atoms with Crippen LogP contribution < -0.4 is 5.73 Å². The van der Waals surface area contributed by atoms with Crippen molar-refractivity contribution >= 4 is 11.8 Å². The van der Waals surface area contributed by atoms with Gasteiger partial charge >= 0.3 is 5.97 Å². The molecular weight excluding hydrogens is 328 g/mol. The highest BCUT2D eigenvalue weighted by Gasteiger charge is 2.39. The van der Waals surface area contributed by atoms with Crippen LogP contribution in [-0.2, 0) is 19.9 Å². The Hall–Kier alpha value is -2.14. The van der Waals surface area contributed by atoms with Gasteiger partial charge in [-0.25, -0.2) is 4.79 Å². The van der Waals surface area contributed by atoms with E-state index in [4.69, 9.17) is 10.5 Å². The third-order valence-corrected chi connectivity index (χ3v) is 4.63. The summed E-state index contributed by atoms with van der Waals surface area (Å²) in [5.74, 6) is -0.141. The summed E-state index contributed by atoms with van der Waals surface area (Å²) in [5.41, 5.74) is 6.38. The second-order valence-electron chi connectivity index (χ2n) is 7.93. The fourth-order valence-corrected chi connectivity index (χ4v) is 3.04. The van der Waals surface area contributed by atoms with Gasteiger partial charge in [0.05, 0.1) is 0 Å². The number of carbonyl (C=O) groups is 2. The monoisotopic (exact) mass is 358 g/mol. The molecule has 1 fully saturated rings. The van der Waals surface area contributed by atoms with Crippen molar-refractivity contribution in [1.29, 1.82) is 0 Å². The lowest BCUT2D eigenvalue weighted by Gasteiger charge is -2.34. The second kappa shape index (κ2) is 8.04. The zero-order chi connectivity index (χ0) is 19.4. The topological polar surface area (TPSA) is 72.6 Å². The van der Waals surface area contributed by atoms with Gasteiger partial charge in [0.25, 0.3) is 0 Å². The van der Waals surface area contributed by atoms with Gasteiger partial charge in [-0.2, -0.15) is 0 Å². The molecule has 0 saturated carbocycles. The molecule has 1 unspecified atom stereocenters. The predicted octanol–water partition coefficient (Wildman–Crippen LogP) is 3.14. The van der Waals surface area contributed by atoms with Gasteiger partial charge in [-0.15, -0.1) is 0 Å². The van der Waals surface area contributed by atoms with Crippen molar-refractivity contribution in [3.8, 4) is 0 Å². The Kier molecular flexibility index (Phi) is 6.24. The third-order valence-electron chi connectivity index (χ3n) is 4.63. The zero-order valence-electron chi connectivity index (χ0n) is 16.1. The number of ketones is 1. The number of esters is 1. The molecule has 142 valence electrons. The molecule has 1 heterocycles. The van der Waals surface area contributed by atoms with Crippen LogP contribution in [0.5, 0.6) is 0 Å². The molecule has 0 spiro atoms. The number of piperidine rings is 1. The Morgan fingerprint density at radius 3 is 2.31 bits per heavy atom. The average molecular weight is 358 g/mol. The van der Waals surface area contributed by atoms with Gasteiger partial charge in [-0.3, -0.25) is 4.79 Å². The molecule has 1 aliphatic heterocycles. The maximum atomic E-state index is 12.9. The Bertz CT molecular complexity index is 654. The van der Waals surface area contributed by atoms with Crippen molar-refractivity contribution in [3.63, 3.8) is 0 Å². The molecule has 0 aliphatic carbocycles. The number of Topliss-reactive ketones (excluding diaryl/α,β-unsaturated/α-hetero) is 1. The molecule has 0 aromatic heterocycles. The molecule has 0 bridgehead atoms. The number of carbonyl (C=O) groups excluding carboxylic acids is 2. The summed E-state index contributed by atoms with van der Waals surface area (Å²) in [6, 6.07) is 9.33. The summed E-state index contributed by atoms with van der Waals surface area (Å²) >= 11 is 0. The lowest BCUT2D eigenvalue weighted by atomic mass is 9.85. The van der Waals surface area contributed by atoms with E-state index in [1.165, 1.54) is 0 Å². The fraction of sp³-hybridized carbons (Fsp3) is 0.524. The smallest absolute Gasteiger partial charge is 0.331 e. The van der Waals surface area contributed by atoms with E-state index >= 15 is 0 Å². The molecule has 5 heteroatoms. The van der Waals surface area contributed by atoms with Gasteiger partial charge in [-0.05, 0) is 39.2 Å². The van der Waals surface area contributed by atoms with Crippen molar-refractivity contribution in [2.75, 3.05) is 13.1 Å². The van der Waals surface area contributed by atoms with Gasteiger partial charge in [-0.1, -0.05) is 36.9 Å². The summed E-state index contributed by atoms with van der Waals surface area (Å²) in [5, 5.41) is 0. The van der Waals surface area contributed by atoms with Gasteiger partial charge in [0.2, 0.25) is 0 Å². The molecule has 0 amide bonds. The predicted molar refractivity (Wildman–Crippen MR) is 102 cm³/mol. The minimum absolute atomic E-state index is 0.292. The number of rotatable bonds is 6. The molecule has 2 rings (SSSR count). The van der Waals surface area contributed by atoms with E-state index in [0.29, 0.717) is 44.6 Å². The quantitative estimate of drug-likeness (QED) is 0.791. The van der Waals surface area contributed by atoms with Gasteiger partial charge in [0.15, 0.2) is 0 Å². The highest BCUT2D eigenvalue weighted by Crippen LogP contribution is 2.30. The Morgan fingerprint density at radius 2 is 1.77 bits per heavy atom. The summed E-state index contributed by atoms with van der Waals surface area (Å²) in [7, 11) is 0. The normalized spacial score (nSPS) is 17.5. The summed E-state index contributed by atoms with van der Waals surface area (Å²) < 4.78 is 5.60. The number of ether oxygens (including phenoxy) is 1. The minimum atomic E-state index is -1.23. The first-order valence-electron chi connectivity index (χ1n) is 9.14. The minimum Gasteiger partial charge on any atom is -0.458 e. The van der Waals surface area contributed by atoms with Crippen LogP contribution in [0.3, 0.4) is 0 Å². The van der Waals surface area contributed by atoms with Gasteiger partial charge in [0, 0.05) is 31.6 Å². The van der Waals surface area contributed by atoms with E-state index in [9.17, 15) is 9.59 Å². The van der Waals surface area contributed by atoms with Crippen LogP contribution in [-0.4, -0.2) is 35.3 Å². The van der Waals surface area contributed by atoms with Crippen LogP contribution in [0.1, 0.15) is 52.0 Å². The fourth-order valence-electron chi connectivity index (χ4n) is 3.04. The lowest BCUT2D eigenvalue weighted by Crippen LogP contribution is -2.48. The van der Waals surface area contributed by atoms with E-state index in [2.05, 4.69) is 11.5 Å². The highest BCUT2D eigenvalue weighted by molar-refractivity contribution is 5.82. The SMILES string of the molecule is C=C(CCC(N)(C(=O)OC(C)(C)C)c1ccccc1)N1CCC(=O)CC1. The molecule has 1 aromatic rings. The number of hydrogen-bond donors (Lipinski definition) is 1. The molecule has 26 heavy (non-hydrogen) atoms. The molecule has 0 radical (unpaired) electrons. The van der Waals surface area contributed by atoms with Gasteiger partial charge in [0.1, 0.15) is 16.9 Å². The number of likely N-dealkylation sites (tertiary alicyclic amines) is 1. The largest absolute Gasteiger partial charge is 0.458 e. The van der Waals surface area contributed by atoms with Crippen molar-refractivity contribution in [1.82, 2.24) is 4.90 Å². The Labute approximate surface area is 156 Å². The maximum absolute atomic E-state index is 12.9. The van der Waals surface area contributed by atoms with Gasteiger partial charge < -0.3 is 15.4 Å². The zero-order valence-corrected chi connectivity index (χ0v) is 16.1. The molecule has 1 atom stereocenters. The Morgan fingerprint density at radius 1 is 1.19 bits per heavy atom. The standard InChI is InChI=1S/C21H30N2O3/c1-16(23-14-11-18(24)12-15-23)10-13-21(22,17-8-6-5-7-9-17)19(25)26-20(2,3)4/h5-9H,1,10-15,22H2,2-4H3. The third kappa shape index (κ3) is 5.18. The van der Waals surface area contributed by atoms with E-state index in [-0.39, 0.29) is 0 Å². The Balaban J connectivity index is 2.13. The molecule has 1 aliphatic rings. The first-order chi connectivity index (χ1) is 12.1. The van der Waals surface area contributed by atoms with Crippen molar-refractivity contribution in [2.24, 2.45) is 5.73 Å². The van der Waals surface area contributed by atoms with E-state index in [0.717, 1.165) is 11.3 Å². The van der Waals surface area contributed by atoms with Crippen molar-refractivity contribution < 1.29 is 14.3 Å². The number of benzene rings is 1. The maximum Gasteiger partial charge on any atom is 0.331 e. The number of nitrogens with zero attached hydrogens (tertiary/aromatic N) is 1. The van der Waals surface area contributed by atoms with Crippen molar-refractivity contribution in [3.05, 3.63) is 48.2 Å². The average Bonchev–Trinajstić information content (AvgIpc) is 2.59. The second-order valence-corrected chi connectivity index (χ2v) is 7.93. The number of nitrogens with two attached hydrogens (primary N) is 1. The molecular formula is C21H30N2O3. The van der Waals surface area contributed by atoms with E-state index in [1.807, 2.05) is 51.1 Å². The summed E-state index contributed by atoms with van der Waals surface area (Å²) in [6.07, 6.45) is 2.07. The first kappa shape index (κ1) is 20.2. The summed E-state index contributed by atoms with van der Waals surface area (Å²) in [6.45, 7) is 11.0. The lowest BCUT2D eigenvalue weighted by molar-refractivity contribution is -0.162. The number of hydrogen-bond acceptors (Lipinski definition) is 5. The van der Waals surface area contributed by atoms with Crippen LogP contribution in [0.4, 0.5) is 0 Å².